The van der Waals surface area contributed by atoms with Gasteiger partial charge in [-0.3, -0.25) is 4.79 Å². The van der Waals surface area contributed by atoms with Gasteiger partial charge >= 0.3 is 0 Å². The number of rotatable bonds is 5. The Balaban J connectivity index is 2.05. The van der Waals surface area contributed by atoms with Crippen LogP contribution in [-0.2, 0) is 10.0 Å². The van der Waals surface area contributed by atoms with Gasteiger partial charge in [0.2, 0.25) is 10.0 Å². The van der Waals surface area contributed by atoms with Gasteiger partial charge in [-0.1, -0.05) is 31.4 Å². The molecule has 1 aliphatic carbocycles. The molecule has 0 radical (unpaired) electrons. The highest BCUT2D eigenvalue weighted by Gasteiger charge is 2.21. The molecule has 0 atom stereocenters. The van der Waals surface area contributed by atoms with Crippen molar-refractivity contribution < 1.29 is 22.3 Å². The number of hydrogen-bond donors (Lipinski definition) is 1. The summed E-state index contributed by atoms with van der Waals surface area (Å²) in [6.07, 6.45) is 5.25. The molecule has 1 aliphatic rings. The van der Waals surface area contributed by atoms with Crippen LogP contribution >= 0.6 is 11.6 Å². The van der Waals surface area contributed by atoms with Crippen LogP contribution in [0.1, 0.15) is 43.0 Å². The summed E-state index contributed by atoms with van der Waals surface area (Å²) in [4.78, 5) is 11.8. The monoisotopic (exact) mass is 377 g/mol. The fraction of sp³-hybridized carbons (Fsp3) is 0.562. The summed E-state index contributed by atoms with van der Waals surface area (Å²) in [6, 6.07) is 2.10. The molecule has 0 saturated heterocycles. The molecule has 0 heterocycles. The lowest BCUT2D eigenvalue weighted by Gasteiger charge is -2.26. The fourth-order valence-electron chi connectivity index (χ4n) is 2.74. The minimum absolute atomic E-state index is 0.0687. The molecule has 2 rings (SSSR count). The number of halogens is 2. The number of nitrogens with one attached hydrogen (secondary N) is 1. The quantitative estimate of drug-likeness (QED) is 0.853. The van der Waals surface area contributed by atoms with E-state index in [1.807, 2.05) is 0 Å². The van der Waals surface area contributed by atoms with Gasteiger partial charge in [-0.2, -0.15) is 0 Å². The van der Waals surface area contributed by atoms with E-state index in [9.17, 15) is 17.6 Å². The molecular weight excluding hydrogens is 357 g/mol. The highest BCUT2D eigenvalue weighted by molar-refractivity contribution is 7.89. The fourth-order valence-corrected chi connectivity index (χ4v) is 3.40. The van der Waals surface area contributed by atoms with Crippen LogP contribution in [0.2, 0.25) is 5.02 Å². The first-order valence-corrected chi connectivity index (χ1v) is 10.1. The Morgan fingerprint density at radius 1 is 1.33 bits per heavy atom. The topological polar surface area (TPSA) is 72.5 Å². The maximum Gasteiger partial charge on any atom is 0.267 e. The Bertz CT molecular complexity index is 715. The summed E-state index contributed by atoms with van der Waals surface area (Å²) in [5.74, 6) is -0.648. The summed E-state index contributed by atoms with van der Waals surface area (Å²) in [5, 5.41) is 0.0687. The highest BCUT2D eigenvalue weighted by atomic mass is 35.5. The summed E-state index contributed by atoms with van der Waals surface area (Å²) in [6.45, 7) is 2.67. The number of hydrogen-bond acceptors (Lipinski definition) is 4. The van der Waals surface area contributed by atoms with E-state index in [0.29, 0.717) is 12.5 Å². The molecule has 0 spiro atoms. The molecule has 0 aromatic heterocycles. The Labute approximate surface area is 146 Å². The van der Waals surface area contributed by atoms with Crippen molar-refractivity contribution in [3.8, 4) is 5.75 Å². The van der Waals surface area contributed by atoms with Crippen LogP contribution in [0.3, 0.4) is 0 Å². The van der Waals surface area contributed by atoms with E-state index in [1.165, 1.54) is 0 Å². The molecule has 1 fully saturated rings. The van der Waals surface area contributed by atoms with E-state index in [2.05, 4.69) is 6.92 Å². The maximum atomic E-state index is 14.1. The third kappa shape index (κ3) is 5.34. The van der Waals surface area contributed by atoms with Crippen LogP contribution in [0.15, 0.2) is 12.1 Å². The summed E-state index contributed by atoms with van der Waals surface area (Å²) < 4.78 is 43.5. The Hall–Kier alpha value is -1.34. The van der Waals surface area contributed by atoms with Gasteiger partial charge in [-0.25, -0.2) is 17.5 Å². The van der Waals surface area contributed by atoms with Crippen LogP contribution in [0.5, 0.6) is 5.75 Å². The number of carbonyl (C=O) groups is 1. The molecule has 0 bridgehead atoms. The van der Waals surface area contributed by atoms with Gasteiger partial charge in [0, 0.05) is 6.07 Å². The summed E-state index contributed by atoms with van der Waals surface area (Å²) in [7, 11) is -3.78. The molecule has 24 heavy (non-hydrogen) atoms. The van der Waals surface area contributed by atoms with Crippen LogP contribution in [0.25, 0.3) is 0 Å². The third-order valence-corrected chi connectivity index (χ3v) is 5.01. The number of carbonyl (C=O) groups excluding carboxylic acids is 1. The molecule has 1 N–H and O–H groups in total. The third-order valence-electron chi connectivity index (χ3n) is 4.15. The molecule has 5 nitrogen and oxygen atoms in total. The molecule has 0 aliphatic heterocycles. The maximum absolute atomic E-state index is 14.1. The van der Waals surface area contributed by atoms with E-state index in [0.717, 1.165) is 50.0 Å². The van der Waals surface area contributed by atoms with Crippen molar-refractivity contribution in [3.05, 3.63) is 28.5 Å². The van der Waals surface area contributed by atoms with Crippen molar-refractivity contribution in [2.24, 2.45) is 11.8 Å². The lowest BCUT2D eigenvalue weighted by molar-refractivity contribution is 0.0977. The second-order valence-corrected chi connectivity index (χ2v) is 8.56. The Kier molecular flexibility index (Phi) is 6.09. The molecule has 8 heteroatoms. The minimum Gasteiger partial charge on any atom is -0.492 e. The van der Waals surface area contributed by atoms with E-state index in [-0.39, 0.29) is 10.8 Å². The average molecular weight is 378 g/mol. The molecule has 134 valence electrons. The van der Waals surface area contributed by atoms with Crippen molar-refractivity contribution in [2.45, 2.75) is 32.6 Å². The van der Waals surface area contributed by atoms with Gasteiger partial charge < -0.3 is 4.74 Å². The van der Waals surface area contributed by atoms with Gasteiger partial charge in [0.1, 0.15) is 11.6 Å². The summed E-state index contributed by atoms with van der Waals surface area (Å²) >= 11 is 6.04. The first-order valence-electron chi connectivity index (χ1n) is 7.79. The first kappa shape index (κ1) is 19.0. The van der Waals surface area contributed by atoms with Crippen LogP contribution in [-0.4, -0.2) is 27.2 Å². The molecule has 1 saturated carbocycles. The van der Waals surface area contributed by atoms with Crippen molar-refractivity contribution in [1.29, 1.82) is 0 Å². The Morgan fingerprint density at radius 3 is 2.54 bits per heavy atom. The van der Waals surface area contributed by atoms with Gasteiger partial charge in [0.25, 0.3) is 5.91 Å². The SMILES string of the molecule is CS(=O)(=O)NC(=O)c1cc(Cl)c(OC[C@H]2CC[C@@H](C)CC2)cc1F. The number of sulfonamides is 1. The van der Waals surface area contributed by atoms with Crippen molar-refractivity contribution in [3.63, 3.8) is 0 Å². The van der Waals surface area contributed by atoms with E-state index in [1.54, 1.807) is 4.72 Å². The predicted octanol–water partition coefficient (Wildman–Crippen LogP) is 3.37. The van der Waals surface area contributed by atoms with E-state index in [4.69, 9.17) is 16.3 Å². The largest absolute Gasteiger partial charge is 0.492 e. The van der Waals surface area contributed by atoms with Crippen LogP contribution in [0.4, 0.5) is 4.39 Å². The van der Waals surface area contributed by atoms with E-state index < -0.39 is 27.3 Å². The van der Waals surface area contributed by atoms with Gasteiger partial charge in [-0.05, 0) is 30.7 Å². The second kappa shape index (κ2) is 7.70. The number of amides is 1. The lowest BCUT2D eigenvalue weighted by Crippen LogP contribution is -2.30. The minimum atomic E-state index is -3.78. The van der Waals surface area contributed by atoms with Gasteiger partial charge in [-0.15, -0.1) is 0 Å². The lowest BCUT2D eigenvalue weighted by atomic mass is 9.83. The zero-order chi connectivity index (χ0) is 17.9. The van der Waals surface area contributed by atoms with Crippen molar-refractivity contribution in [1.82, 2.24) is 4.72 Å². The molecule has 1 amide bonds. The highest BCUT2D eigenvalue weighted by Crippen LogP contribution is 2.31. The van der Waals surface area contributed by atoms with Crippen LogP contribution in [0, 0.1) is 17.7 Å². The normalized spacial score (nSPS) is 21.3. The molecule has 0 unspecified atom stereocenters. The Morgan fingerprint density at radius 2 is 1.96 bits per heavy atom. The molecule has 1 aromatic carbocycles. The summed E-state index contributed by atoms with van der Waals surface area (Å²) in [5.41, 5.74) is -0.440. The zero-order valence-electron chi connectivity index (χ0n) is 13.6. The molecule has 1 aromatic rings. The van der Waals surface area contributed by atoms with E-state index >= 15 is 0 Å². The van der Waals surface area contributed by atoms with Crippen molar-refractivity contribution >= 4 is 27.5 Å². The number of ether oxygens (including phenoxy) is 1. The average Bonchev–Trinajstić information content (AvgIpc) is 2.47. The van der Waals surface area contributed by atoms with Gasteiger partial charge in [0.05, 0.1) is 23.4 Å². The predicted molar refractivity (Wildman–Crippen MR) is 90.3 cm³/mol. The zero-order valence-corrected chi connectivity index (χ0v) is 15.2. The second-order valence-electron chi connectivity index (χ2n) is 6.40. The standard InChI is InChI=1S/C16H21ClFNO4S/c1-10-3-5-11(6-4-10)9-23-15-8-14(18)12(7-13(15)17)16(20)19-24(2,21)22/h7-8,10-11H,3-6,9H2,1-2H3,(H,19,20)/t10-,11+. The smallest absolute Gasteiger partial charge is 0.267 e. The number of benzene rings is 1. The first-order chi connectivity index (χ1) is 11.2. The van der Waals surface area contributed by atoms with Gasteiger partial charge in [0.15, 0.2) is 0 Å². The molecular formula is C16H21ClFNO4S. The van der Waals surface area contributed by atoms with Crippen LogP contribution < -0.4 is 9.46 Å². The van der Waals surface area contributed by atoms with Crippen molar-refractivity contribution in [2.75, 3.05) is 12.9 Å².